The van der Waals surface area contributed by atoms with Crippen LogP contribution in [0.25, 0.3) is 70.6 Å². The summed E-state index contributed by atoms with van der Waals surface area (Å²) in [5, 5.41) is -4.75. The van der Waals surface area contributed by atoms with E-state index in [2.05, 4.69) is 0 Å². The van der Waals surface area contributed by atoms with Gasteiger partial charge in [-0.15, -0.1) is 11.3 Å². The van der Waals surface area contributed by atoms with Crippen molar-refractivity contribution in [2.24, 2.45) is 0 Å². The molecule has 5 heteroatoms. The van der Waals surface area contributed by atoms with Crippen LogP contribution in [-0.2, 0) is 5.41 Å². The minimum atomic E-state index is -1.57. The molecule has 0 aliphatic carbocycles. The predicted octanol–water partition coefficient (Wildman–Crippen LogP) is 17.7. The van der Waals surface area contributed by atoms with Crippen LogP contribution in [0, 0.1) is 0 Å². The van der Waals surface area contributed by atoms with Gasteiger partial charge in [-0.3, -0.25) is 0 Å². The van der Waals surface area contributed by atoms with E-state index >= 15 is 0 Å². The SMILES string of the molecule is [2H]c1sc2c([2H])c([2H])c(-c3c([2H])c([2H])c([2H])c([2H])c3[2H])c([2H])c2c1N(c1c([2H])c([2H])c(-c2c([2H])c([2H])c([2H])c3c([2H])c([2H])c([2H])c([2H])c23)c([2H])c1[2H])c1c([2H])c(C(C)(C)C)c([2H])c(N2c3c([2H])c([2H])c([2H])c([2H])c3-n3c4c([2H])c([2H])c([2H])c([2H])c4c4c([2H])c([2H])c([2H])c2c43)c1Cl. The lowest BCUT2D eigenvalue weighted by atomic mass is 9.86. The second kappa shape index (κ2) is 14.5. The lowest BCUT2D eigenvalue weighted by molar-refractivity contribution is 0.590. The monoisotopic (exact) mass is 880 g/mol. The minimum absolute atomic E-state index is 0.347. The Morgan fingerprint density at radius 2 is 1.19 bits per heavy atom. The number of thiophene rings is 1. The third kappa shape index (κ3) is 6.01. The van der Waals surface area contributed by atoms with E-state index in [1.807, 2.05) is 0 Å². The van der Waals surface area contributed by atoms with Gasteiger partial charge in [0.15, 0.2) is 0 Å². The number of benzene rings is 9. The van der Waals surface area contributed by atoms with Crippen molar-refractivity contribution in [3.05, 3.63) is 209 Å². The predicted molar refractivity (Wildman–Crippen MR) is 271 cm³/mol. The molecule has 302 valence electrons. The number of hydrogen-bond acceptors (Lipinski definition) is 3. The molecule has 1 aliphatic rings. The molecule has 0 saturated carbocycles. The lowest BCUT2D eigenvalue weighted by Gasteiger charge is -2.36. The number of fused-ring (bicyclic) bond motifs is 7. The van der Waals surface area contributed by atoms with Gasteiger partial charge < -0.3 is 14.4 Å². The molecular formula is C58H42ClN3S. The number of anilines is 6. The summed E-state index contributed by atoms with van der Waals surface area (Å²) >= 11 is 8.27. The van der Waals surface area contributed by atoms with E-state index in [0.717, 1.165) is 9.47 Å². The fourth-order valence-electron chi connectivity index (χ4n) is 7.40. The standard InChI is InChI=1S/C58H42ClN3S/c1-58(2,3)41-34-52(56(59)53(35-41)61-49-24-11-12-25-50(49)62-48-23-10-9-20-45(48)46-22-14-26-51(61)57(46)62)60(54-36-63-55-32-29-40(33-47(54)55)37-15-5-4-6-16-37)42-30-27-39(28-31-42)44-21-13-18-38-17-7-8-19-43(38)44/h4-36H,1-3H3/i4D,5D,6D,7D,8D,9D,10D,11D,12D,13D,14D,15D,16D,17D,18D,19D,20D,21D,22D,23D,24D,25D,26D,27D,28D,29D,30D,31D,32D,33D,34D,35D,36D. The van der Waals surface area contributed by atoms with Crippen LogP contribution in [0.5, 0.6) is 0 Å². The summed E-state index contributed by atoms with van der Waals surface area (Å²) in [6.45, 7) is 4.42. The highest BCUT2D eigenvalue weighted by Crippen LogP contribution is 2.55. The first-order valence-corrected chi connectivity index (χ1v) is 20.1. The Kier molecular flexibility index (Phi) is 3.88. The molecule has 0 atom stereocenters. The van der Waals surface area contributed by atoms with Crippen molar-refractivity contribution in [2.45, 2.75) is 26.2 Å². The Morgan fingerprint density at radius 3 is 2.02 bits per heavy atom. The molecule has 0 spiro atoms. The highest BCUT2D eigenvalue weighted by Gasteiger charge is 2.33. The van der Waals surface area contributed by atoms with Gasteiger partial charge in [0.2, 0.25) is 0 Å². The van der Waals surface area contributed by atoms with Gasteiger partial charge in [0.05, 0.1) is 95.4 Å². The van der Waals surface area contributed by atoms with Crippen molar-refractivity contribution in [1.29, 1.82) is 0 Å². The van der Waals surface area contributed by atoms with Gasteiger partial charge in [-0.1, -0.05) is 165 Å². The van der Waals surface area contributed by atoms with Crippen molar-refractivity contribution >= 4 is 99.7 Å². The largest absolute Gasteiger partial charge is 0.307 e. The first-order chi connectivity index (χ1) is 44.6. The zero-order valence-corrected chi connectivity index (χ0v) is 34.2. The average Bonchev–Trinajstić information content (AvgIpc) is 1.46. The van der Waals surface area contributed by atoms with Gasteiger partial charge in [0, 0.05) is 31.9 Å². The topological polar surface area (TPSA) is 11.4 Å². The molecule has 0 saturated heterocycles. The molecule has 0 fully saturated rings. The van der Waals surface area contributed by atoms with Crippen LogP contribution in [0.2, 0.25) is 5.02 Å². The molecule has 3 nitrogen and oxygen atoms in total. The number of rotatable bonds is 6. The summed E-state index contributed by atoms with van der Waals surface area (Å²) in [6.07, 6.45) is 0. The maximum Gasteiger partial charge on any atom is 0.0887 e. The van der Waals surface area contributed by atoms with E-state index < -0.39 is 319 Å². The lowest BCUT2D eigenvalue weighted by Crippen LogP contribution is -2.21. The normalized spacial score (nSPS) is 19.7. The van der Waals surface area contributed by atoms with Crippen molar-refractivity contribution in [3.8, 4) is 27.9 Å². The summed E-state index contributed by atoms with van der Waals surface area (Å²) in [4.78, 5) is 1.44. The molecule has 1 aliphatic heterocycles. The van der Waals surface area contributed by atoms with Gasteiger partial charge in [-0.2, -0.15) is 0 Å². The van der Waals surface area contributed by atoms with Gasteiger partial charge >= 0.3 is 0 Å². The third-order valence-corrected chi connectivity index (χ3v) is 11.4. The van der Waals surface area contributed by atoms with Gasteiger partial charge in [-0.25, -0.2) is 0 Å². The Balaban J connectivity index is 1.34. The Hall–Kier alpha value is -7.11. The molecule has 0 amide bonds. The molecule has 9 aromatic carbocycles. The second-order valence-electron chi connectivity index (χ2n) is 15.0. The first kappa shape index (κ1) is 16.9. The van der Waals surface area contributed by atoms with Crippen molar-refractivity contribution in [3.63, 3.8) is 0 Å². The van der Waals surface area contributed by atoms with Crippen molar-refractivity contribution < 1.29 is 45.2 Å². The summed E-state index contributed by atoms with van der Waals surface area (Å²) in [5.74, 6) is 0. The summed E-state index contributed by atoms with van der Waals surface area (Å²) < 4.78 is 307. The number of aromatic nitrogens is 1. The van der Waals surface area contributed by atoms with Crippen molar-refractivity contribution in [1.82, 2.24) is 4.57 Å². The first-order valence-electron chi connectivity index (χ1n) is 35.4. The van der Waals surface area contributed by atoms with E-state index in [1.54, 1.807) is 0 Å². The third-order valence-electron chi connectivity index (χ3n) is 10.2. The molecule has 3 heterocycles. The van der Waals surface area contributed by atoms with Gasteiger partial charge in [-0.05, 0) is 104 Å². The van der Waals surface area contributed by atoms with Crippen LogP contribution in [0.15, 0.2) is 199 Å². The molecule has 0 N–H and O–H groups in total. The fourth-order valence-corrected chi connectivity index (χ4v) is 8.40. The van der Waals surface area contributed by atoms with Crippen LogP contribution in [0.4, 0.5) is 34.1 Å². The summed E-state index contributed by atoms with van der Waals surface area (Å²) in [6, 6.07) is -30.3. The van der Waals surface area contributed by atoms with Crippen LogP contribution in [0.3, 0.4) is 0 Å². The summed E-state index contributed by atoms with van der Waals surface area (Å²) in [7, 11) is 0. The minimum Gasteiger partial charge on any atom is -0.307 e. The number of para-hydroxylation sites is 4. The van der Waals surface area contributed by atoms with E-state index in [4.69, 9.17) is 32.2 Å². The van der Waals surface area contributed by atoms with E-state index in [9.17, 15) is 24.7 Å². The Morgan fingerprint density at radius 1 is 0.524 bits per heavy atom. The zero-order chi connectivity index (χ0) is 71.1. The van der Waals surface area contributed by atoms with Gasteiger partial charge in [0.25, 0.3) is 0 Å². The van der Waals surface area contributed by atoms with E-state index in [0.29, 0.717) is 16.2 Å². The zero-order valence-electron chi connectivity index (χ0n) is 65.6. The highest BCUT2D eigenvalue weighted by atomic mass is 35.5. The van der Waals surface area contributed by atoms with Gasteiger partial charge in [0.1, 0.15) is 0 Å². The quantitative estimate of drug-likeness (QED) is 0.165. The van der Waals surface area contributed by atoms with Crippen LogP contribution < -0.4 is 9.80 Å². The summed E-state index contributed by atoms with van der Waals surface area (Å²) in [5.41, 5.74) is -12.0. The average molecular weight is 882 g/mol. The smallest absolute Gasteiger partial charge is 0.0887 e. The fraction of sp³-hybridized carbons (Fsp3) is 0.0690. The molecule has 63 heavy (non-hydrogen) atoms. The number of hydrogen-bond donors (Lipinski definition) is 0. The molecule has 2 aromatic heterocycles. The number of halogens is 1. The van der Waals surface area contributed by atoms with E-state index in [1.165, 1.54) is 20.8 Å². The second-order valence-corrected chi connectivity index (χ2v) is 16.2. The van der Waals surface area contributed by atoms with E-state index in [-0.39, 0.29) is 0 Å². The maximum atomic E-state index is 10.4. The van der Waals surface area contributed by atoms with Crippen LogP contribution in [0.1, 0.15) is 71.6 Å². The maximum absolute atomic E-state index is 10.4. The Labute approximate surface area is 422 Å². The molecule has 12 rings (SSSR count). The number of nitrogens with zero attached hydrogens (tertiary/aromatic N) is 3. The molecule has 0 unspecified atom stereocenters. The highest BCUT2D eigenvalue weighted by molar-refractivity contribution is 7.17. The Bertz CT molecular complexity index is 5470. The molecule has 0 bridgehead atoms. The van der Waals surface area contributed by atoms with Crippen molar-refractivity contribution in [2.75, 3.05) is 9.80 Å². The molecule has 0 radical (unpaired) electrons. The van der Waals surface area contributed by atoms with Crippen LogP contribution in [-0.4, -0.2) is 4.57 Å². The molecule has 11 aromatic rings. The molecular weight excluding hydrogens is 806 g/mol. The van der Waals surface area contributed by atoms with Crippen LogP contribution >= 0.6 is 22.9 Å².